The minimum Gasteiger partial charge on any atom is -0.489 e. The number of aryl methyl sites for hydroxylation is 1. The number of halogens is 3. The molecule has 204 valence electrons. The lowest BCUT2D eigenvalue weighted by atomic mass is 10.2. The van der Waals surface area contributed by atoms with Crippen LogP contribution in [0.3, 0.4) is 0 Å². The maximum Gasteiger partial charge on any atom is 0.282 e. The fraction of sp³-hybridized carbons (Fsp3) is 0.194. The van der Waals surface area contributed by atoms with Crippen LogP contribution in [0.15, 0.2) is 81.1 Å². The van der Waals surface area contributed by atoms with Crippen molar-refractivity contribution < 1.29 is 4.74 Å². The van der Waals surface area contributed by atoms with Gasteiger partial charge in [0.15, 0.2) is 0 Å². The summed E-state index contributed by atoms with van der Waals surface area (Å²) in [4.78, 5) is 18.1. The van der Waals surface area contributed by atoms with Gasteiger partial charge >= 0.3 is 0 Å². The third-order valence-corrected chi connectivity index (χ3v) is 7.85. The zero-order chi connectivity index (χ0) is 28.6. The van der Waals surface area contributed by atoms with Crippen LogP contribution < -0.4 is 10.3 Å². The van der Waals surface area contributed by atoms with E-state index in [0.29, 0.717) is 33.4 Å². The molecule has 0 aliphatic heterocycles. The third-order valence-electron chi connectivity index (χ3n) is 6.62. The van der Waals surface area contributed by atoms with E-state index >= 15 is 0 Å². The van der Waals surface area contributed by atoms with Crippen LogP contribution >= 0.6 is 39.1 Å². The number of ether oxygens (including phenoxy) is 1. The SMILES string of the molecule is Cc1cc(C=Nn2c(C(C)C)nc3ccc(Br)cc3c2=O)c(C)n1-c1ccc(OCc2ccc(Cl)c(Cl)c2)cc1. The largest absolute Gasteiger partial charge is 0.489 e. The fourth-order valence-corrected chi connectivity index (χ4v) is 5.26. The quantitative estimate of drug-likeness (QED) is 0.168. The van der Waals surface area contributed by atoms with Crippen LogP contribution in [-0.2, 0) is 6.61 Å². The van der Waals surface area contributed by atoms with Gasteiger partial charge in [0.25, 0.3) is 5.56 Å². The lowest BCUT2D eigenvalue weighted by Crippen LogP contribution is -2.23. The second-order valence-electron chi connectivity index (χ2n) is 9.84. The number of rotatable bonds is 7. The molecule has 0 saturated carbocycles. The van der Waals surface area contributed by atoms with E-state index in [9.17, 15) is 4.79 Å². The Kier molecular flexibility index (Phi) is 8.17. The Morgan fingerprint density at radius 3 is 2.45 bits per heavy atom. The predicted octanol–water partition coefficient (Wildman–Crippen LogP) is 8.46. The third kappa shape index (κ3) is 5.73. The van der Waals surface area contributed by atoms with Gasteiger partial charge in [-0.25, -0.2) is 4.98 Å². The molecular weight excluding hydrogens is 611 g/mol. The van der Waals surface area contributed by atoms with Gasteiger partial charge in [0.05, 0.1) is 27.2 Å². The van der Waals surface area contributed by atoms with Crippen molar-refractivity contribution in [3.63, 3.8) is 0 Å². The summed E-state index contributed by atoms with van der Waals surface area (Å²) in [6, 6.07) is 20.9. The molecule has 5 rings (SSSR count). The van der Waals surface area contributed by atoms with Crippen LogP contribution in [0.1, 0.15) is 48.1 Å². The van der Waals surface area contributed by atoms with Crippen molar-refractivity contribution in [1.82, 2.24) is 14.2 Å². The van der Waals surface area contributed by atoms with Crippen LogP contribution in [0.2, 0.25) is 10.0 Å². The van der Waals surface area contributed by atoms with Crippen LogP contribution in [-0.4, -0.2) is 20.4 Å². The van der Waals surface area contributed by atoms with Crippen molar-refractivity contribution in [3.8, 4) is 11.4 Å². The lowest BCUT2D eigenvalue weighted by molar-refractivity contribution is 0.306. The van der Waals surface area contributed by atoms with Gasteiger partial charge in [-0.05, 0) is 80.1 Å². The summed E-state index contributed by atoms with van der Waals surface area (Å²) >= 11 is 15.6. The molecule has 6 nitrogen and oxygen atoms in total. The number of benzene rings is 3. The number of nitrogens with zero attached hydrogens (tertiary/aromatic N) is 4. The second-order valence-corrected chi connectivity index (χ2v) is 11.6. The molecule has 5 aromatic rings. The van der Waals surface area contributed by atoms with Crippen LogP contribution in [0, 0.1) is 13.8 Å². The topological polar surface area (TPSA) is 61.4 Å². The van der Waals surface area contributed by atoms with E-state index in [0.717, 1.165) is 38.4 Å². The Hall–Kier alpha value is -3.39. The van der Waals surface area contributed by atoms with Crippen molar-refractivity contribution in [2.24, 2.45) is 5.10 Å². The van der Waals surface area contributed by atoms with E-state index < -0.39 is 0 Å². The van der Waals surface area contributed by atoms with Gasteiger partial charge in [-0.15, -0.1) is 0 Å². The van der Waals surface area contributed by atoms with Gasteiger partial charge in [0, 0.05) is 33.0 Å². The molecule has 0 radical (unpaired) electrons. The van der Waals surface area contributed by atoms with Gasteiger partial charge in [-0.1, -0.05) is 59.0 Å². The molecule has 0 aliphatic rings. The molecule has 2 heterocycles. The Bertz CT molecular complexity index is 1810. The number of hydrogen-bond acceptors (Lipinski definition) is 4. The first-order chi connectivity index (χ1) is 19.1. The number of fused-ring (bicyclic) bond motifs is 1. The molecule has 0 atom stereocenters. The molecule has 2 aromatic heterocycles. The van der Waals surface area contributed by atoms with E-state index in [4.69, 9.17) is 32.9 Å². The molecule has 40 heavy (non-hydrogen) atoms. The first-order valence-corrected chi connectivity index (χ1v) is 14.3. The zero-order valence-electron chi connectivity index (χ0n) is 22.5. The van der Waals surface area contributed by atoms with E-state index in [1.165, 1.54) is 4.68 Å². The summed E-state index contributed by atoms with van der Waals surface area (Å²) in [5.74, 6) is 1.37. The molecule has 0 spiro atoms. The van der Waals surface area contributed by atoms with E-state index in [1.807, 2.05) is 70.2 Å². The van der Waals surface area contributed by atoms with Gasteiger partial charge in [0.1, 0.15) is 18.2 Å². The molecule has 0 amide bonds. The van der Waals surface area contributed by atoms with Crippen molar-refractivity contribution >= 4 is 56.2 Å². The first kappa shape index (κ1) is 28.1. The van der Waals surface area contributed by atoms with Crippen molar-refractivity contribution in [2.45, 2.75) is 40.2 Å². The summed E-state index contributed by atoms with van der Waals surface area (Å²) in [5.41, 5.74) is 5.35. The fourth-order valence-electron chi connectivity index (χ4n) is 4.57. The predicted molar refractivity (Wildman–Crippen MR) is 167 cm³/mol. The molecule has 0 bridgehead atoms. The summed E-state index contributed by atoms with van der Waals surface area (Å²) in [6.45, 7) is 8.46. The number of hydrogen-bond donors (Lipinski definition) is 0. The second kappa shape index (κ2) is 11.6. The highest BCUT2D eigenvalue weighted by molar-refractivity contribution is 9.10. The van der Waals surface area contributed by atoms with Crippen molar-refractivity contribution in [1.29, 1.82) is 0 Å². The summed E-state index contributed by atoms with van der Waals surface area (Å²) in [6.07, 6.45) is 1.73. The molecule has 0 fully saturated rings. The molecule has 3 aromatic carbocycles. The normalized spacial score (nSPS) is 11.7. The maximum absolute atomic E-state index is 13.4. The minimum absolute atomic E-state index is 0.0164. The van der Waals surface area contributed by atoms with Crippen LogP contribution in [0.25, 0.3) is 16.6 Å². The van der Waals surface area contributed by atoms with E-state index in [2.05, 4.69) is 31.7 Å². The highest BCUT2D eigenvalue weighted by Gasteiger charge is 2.15. The first-order valence-electron chi connectivity index (χ1n) is 12.7. The van der Waals surface area contributed by atoms with Crippen LogP contribution in [0.5, 0.6) is 5.75 Å². The summed E-state index contributed by atoms with van der Waals surface area (Å²) < 4.78 is 10.3. The zero-order valence-corrected chi connectivity index (χ0v) is 25.5. The molecule has 0 unspecified atom stereocenters. The Balaban J connectivity index is 1.41. The van der Waals surface area contributed by atoms with Crippen molar-refractivity contribution in [2.75, 3.05) is 0 Å². The average Bonchev–Trinajstić information content (AvgIpc) is 3.21. The average molecular weight is 638 g/mol. The minimum atomic E-state index is -0.198. The van der Waals surface area contributed by atoms with E-state index in [1.54, 1.807) is 24.4 Å². The standard InChI is InChI=1S/C31H27BrCl2N4O2/c1-18(2)30-36-29-12-6-23(32)15-26(29)31(39)38(30)35-16-22-13-19(3)37(20(22)4)24-7-9-25(10-8-24)40-17-21-5-11-27(33)28(34)14-21/h5-16,18H,17H2,1-4H3. The Labute approximate surface area is 251 Å². The highest BCUT2D eigenvalue weighted by atomic mass is 79.9. The maximum atomic E-state index is 13.4. The van der Waals surface area contributed by atoms with Gasteiger partial charge in [-0.3, -0.25) is 4.79 Å². The lowest BCUT2D eigenvalue weighted by Gasteiger charge is -2.12. The summed E-state index contributed by atoms with van der Waals surface area (Å²) in [5, 5.41) is 6.16. The molecule has 9 heteroatoms. The van der Waals surface area contributed by atoms with Crippen LogP contribution in [0.4, 0.5) is 0 Å². The molecular formula is C31H27BrCl2N4O2. The molecule has 0 N–H and O–H groups in total. The molecule has 0 aliphatic carbocycles. The number of aromatic nitrogens is 3. The highest BCUT2D eigenvalue weighted by Crippen LogP contribution is 2.25. The Morgan fingerprint density at radius 2 is 1.75 bits per heavy atom. The van der Waals surface area contributed by atoms with E-state index in [-0.39, 0.29) is 11.5 Å². The summed E-state index contributed by atoms with van der Waals surface area (Å²) in [7, 11) is 0. The van der Waals surface area contributed by atoms with Gasteiger partial charge in [0.2, 0.25) is 0 Å². The smallest absolute Gasteiger partial charge is 0.282 e. The van der Waals surface area contributed by atoms with Gasteiger partial charge in [-0.2, -0.15) is 9.78 Å². The van der Waals surface area contributed by atoms with Gasteiger partial charge < -0.3 is 9.30 Å². The molecule has 0 saturated heterocycles. The Morgan fingerprint density at radius 1 is 1.00 bits per heavy atom. The monoisotopic (exact) mass is 636 g/mol. The van der Waals surface area contributed by atoms with Crippen molar-refractivity contribution in [3.05, 3.63) is 120 Å².